The molecule has 0 bridgehead atoms. The fourth-order valence-electron chi connectivity index (χ4n) is 0. The topological polar surface area (TPSA) is 0 Å². The number of alkyl halides is 1. The number of rotatable bonds is 1. The fourth-order valence-corrected chi connectivity index (χ4v) is 0. The minimum Gasteiger partial charge on any atom is -0.102 e. The molecule has 0 aliphatic heterocycles. The van der Waals surface area contributed by atoms with Crippen molar-refractivity contribution in [3.8, 4) is 0 Å². The molecule has 0 amide bonds. The van der Waals surface area contributed by atoms with Gasteiger partial charge < -0.3 is 0 Å². The molecule has 0 aromatic rings. The Hall–Kier alpha value is 0.437. The summed E-state index contributed by atoms with van der Waals surface area (Å²) in [6, 6.07) is 0. The molecule has 0 nitrogen and oxygen atoms in total. The van der Waals surface area contributed by atoms with Gasteiger partial charge in [0.2, 0.25) is 0 Å². The molecule has 0 aliphatic carbocycles. The Labute approximate surface area is 45.4 Å². The third kappa shape index (κ3) is 12.8. The van der Waals surface area contributed by atoms with Crippen molar-refractivity contribution >= 4 is 26.9 Å². The van der Waals surface area contributed by atoms with E-state index >= 15 is 0 Å². The van der Waals surface area contributed by atoms with Gasteiger partial charge in [-0.15, -0.1) is 6.58 Å². The van der Waals surface area contributed by atoms with Gasteiger partial charge in [0.25, 0.3) is 0 Å². The predicted molar refractivity (Wildman–Crippen MR) is 35.3 cm³/mol. The van der Waals surface area contributed by atoms with Crippen LogP contribution in [0.25, 0.3) is 0 Å². The molecule has 0 rings (SSSR count). The number of halogens is 1. The summed E-state index contributed by atoms with van der Waals surface area (Å²) in [4.78, 5) is 0. The monoisotopic (exact) mass is 152 g/mol. The van der Waals surface area contributed by atoms with Gasteiger partial charge in [-0.2, -0.15) is 0 Å². The van der Waals surface area contributed by atoms with E-state index in [1.54, 1.807) is 6.08 Å². The van der Waals surface area contributed by atoms with E-state index in [-0.39, 0.29) is 11.0 Å². The van der Waals surface area contributed by atoms with Gasteiger partial charge in [0.05, 0.1) is 0 Å². The maximum Gasteiger partial charge on any atom is 0.0209 e. The molecule has 0 heterocycles. The molecule has 0 saturated heterocycles. The van der Waals surface area contributed by atoms with E-state index in [0.717, 1.165) is 5.33 Å². The van der Waals surface area contributed by atoms with Crippen LogP contribution >= 0.6 is 15.9 Å². The third-order valence-corrected chi connectivity index (χ3v) is 0.567. The van der Waals surface area contributed by atoms with Crippen molar-refractivity contribution in [3.63, 3.8) is 0 Å². The second-order valence-corrected chi connectivity index (χ2v) is 1.09. The molecule has 0 aromatic carbocycles. The van der Waals surface area contributed by atoms with E-state index in [1.807, 2.05) is 0 Å². The van der Waals surface area contributed by atoms with Crippen LogP contribution in [0.4, 0.5) is 0 Å². The molecule has 0 aliphatic rings. The molecule has 0 aromatic heterocycles. The molecule has 0 saturated carbocycles. The summed E-state index contributed by atoms with van der Waals surface area (Å²) in [5.74, 6) is 0. The first-order valence-electron chi connectivity index (χ1n) is 1.08. The van der Waals surface area contributed by atoms with Crippen LogP contribution in [0.1, 0.15) is 0 Å². The zero-order valence-corrected chi connectivity index (χ0v) is 3.96. The second kappa shape index (κ2) is 8.83. The van der Waals surface area contributed by atoms with Gasteiger partial charge in [0.15, 0.2) is 0 Å². The van der Waals surface area contributed by atoms with Crippen LogP contribution in [0, 0.1) is 0 Å². The van der Waals surface area contributed by atoms with Crippen molar-refractivity contribution < 1.29 is 0 Å². The Bertz CT molecular complexity index is 20.9. The molecule has 0 N–H and O–H groups in total. The third-order valence-electron chi connectivity index (χ3n) is 0.109. The molecular weight excluding hydrogens is 144 g/mol. The maximum atomic E-state index is 3.43. The summed E-state index contributed by atoms with van der Waals surface area (Å²) in [6.07, 6.45) is 1.79. The normalized spacial score (nSPS) is 5.00. The van der Waals surface area contributed by atoms with Crippen LogP contribution in [0.2, 0.25) is 0 Å². The van der Waals surface area contributed by atoms with Crippen LogP contribution in [0.5, 0.6) is 0 Å². The zero-order chi connectivity index (χ0) is 3.41. The highest BCUT2D eigenvalue weighted by Gasteiger charge is 1.47. The molecule has 0 fully saturated rings. The summed E-state index contributed by atoms with van der Waals surface area (Å²) in [5, 5.41) is 0.896. The molecular formula is C3H9BrSi. The Morgan fingerprint density at radius 2 is 2.00 bits per heavy atom. The fraction of sp³-hybridized carbons (Fsp3) is 0.333. The summed E-state index contributed by atoms with van der Waals surface area (Å²) in [5.41, 5.74) is 0. The van der Waals surface area contributed by atoms with Crippen LogP contribution in [0.15, 0.2) is 12.7 Å². The van der Waals surface area contributed by atoms with E-state index in [0.29, 0.717) is 0 Å². The Morgan fingerprint density at radius 1 is 1.80 bits per heavy atom. The standard InChI is InChI=1S/C3H5Br.H4Si/c1-2-3-4;/h2H,1,3H2;1H4. The lowest BCUT2D eigenvalue weighted by atomic mass is 10.8. The Morgan fingerprint density at radius 3 is 2.00 bits per heavy atom. The molecule has 0 atom stereocenters. The average molecular weight is 153 g/mol. The van der Waals surface area contributed by atoms with Gasteiger partial charge in [-0.3, -0.25) is 0 Å². The first-order valence-corrected chi connectivity index (χ1v) is 2.21. The van der Waals surface area contributed by atoms with Crippen LogP contribution in [-0.2, 0) is 0 Å². The first kappa shape index (κ1) is 9.06. The lowest BCUT2D eigenvalue weighted by Crippen LogP contribution is -1.43. The van der Waals surface area contributed by atoms with E-state index in [2.05, 4.69) is 22.5 Å². The van der Waals surface area contributed by atoms with Gasteiger partial charge >= 0.3 is 0 Å². The highest BCUT2D eigenvalue weighted by molar-refractivity contribution is 9.09. The van der Waals surface area contributed by atoms with E-state index in [1.165, 1.54) is 0 Å². The molecule has 0 radical (unpaired) electrons. The quantitative estimate of drug-likeness (QED) is 0.285. The second-order valence-electron chi connectivity index (χ2n) is 0.443. The van der Waals surface area contributed by atoms with Crippen molar-refractivity contribution in [2.75, 3.05) is 5.33 Å². The summed E-state index contributed by atoms with van der Waals surface area (Å²) in [6.45, 7) is 3.43. The number of hydrogen-bond donors (Lipinski definition) is 0. The van der Waals surface area contributed by atoms with Gasteiger partial charge in [-0.1, -0.05) is 22.0 Å². The Balaban J connectivity index is 0. The van der Waals surface area contributed by atoms with E-state index in [4.69, 9.17) is 0 Å². The van der Waals surface area contributed by atoms with Crippen LogP contribution in [-0.4, -0.2) is 16.3 Å². The molecule has 0 spiro atoms. The minimum absolute atomic E-state index is 0. The van der Waals surface area contributed by atoms with E-state index < -0.39 is 0 Å². The van der Waals surface area contributed by atoms with E-state index in [9.17, 15) is 0 Å². The van der Waals surface area contributed by atoms with Crippen LogP contribution < -0.4 is 0 Å². The smallest absolute Gasteiger partial charge is 0.0209 e. The zero-order valence-electron chi connectivity index (χ0n) is 2.37. The van der Waals surface area contributed by atoms with Gasteiger partial charge in [0.1, 0.15) is 0 Å². The van der Waals surface area contributed by atoms with Crippen LogP contribution in [0.3, 0.4) is 0 Å². The van der Waals surface area contributed by atoms with Gasteiger partial charge in [0, 0.05) is 5.33 Å². The molecule has 5 heavy (non-hydrogen) atoms. The van der Waals surface area contributed by atoms with Crippen molar-refractivity contribution in [2.24, 2.45) is 0 Å². The first-order chi connectivity index (χ1) is 1.91. The number of allylic oxidation sites excluding steroid dienone is 1. The lowest BCUT2D eigenvalue weighted by Gasteiger charge is -1.55. The Kier molecular flexibility index (Phi) is 16.0. The van der Waals surface area contributed by atoms with Crippen molar-refractivity contribution in [1.82, 2.24) is 0 Å². The van der Waals surface area contributed by atoms with Gasteiger partial charge in [-0.25, -0.2) is 0 Å². The SMILES string of the molecule is C=CCBr.[SiH4]. The van der Waals surface area contributed by atoms with Gasteiger partial charge in [-0.05, 0) is 11.0 Å². The maximum absolute atomic E-state index is 3.43. The predicted octanol–water partition coefficient (Wildman–Crippen LogP) is 0.116. The number of hydrogen-bond acceptors (Lipinski definition) is 0. The highest BCUT2D eigenvalue weighted by Crippen LogP contribution is 1.73. The van der Waals surface area contributed by atoms with Crippen molar-refractivity contribution in [2.45, 2.75) is 0 Å². The minimum atomic E-state index is 0. The molecule has 2 heteroatoms. The largest absolute Gasteiger partial charge is 0.102 e. The van der Waals surface area contributed by atoms with Crippen molar-refractivity contribution in [3.05, 3.63) is 12.7 Å². The average Bonchev–Trinajstić information content (AvgIpc) is 1.37. The summed E-state index contributed by atoms with van der Waals surface area (Å²) >= 11 is 3.13. The molecule has 32 valence electrons. The highest BCUT2D eigenvalue weighted by atomic mass is 79.9. The lowest BCUT2D eigenvalue weighted by molar-refractivity contribution is 1.87. The summed E-state index contributed by atoms with van der Waals surface area (Å²) in [7, 11) is 0. The molecule has 0 unspecified atom stereocenters. The van der Waals surface area contributed by atoms with Crippen molar-refractivity contribution in [1.29, 1.82) is 0 Å². The summed E-state index contributed by atoms with van der Waals surface area (Å²) < 4.78 is 0.